The van der Waals surface area contributed by atoms with Crippen molar-refractivity contribution >= 4 is 29.1 Å². The number of aldehydes is 1. The molecule has 5 nitrogen and oxygen atoms in total. The molecule has 0 saturated heterocycles. The summed E-state index contributed by atoms with van der Waals surface area (Å²) in [4.78, 5) is 22.7. The van der Waals surface area contributed by atoms with Gasteiger partial charge in [-0.3, -0.25) is 4.79 Å². The Morgan fingerprint density at radius 3 is 2.71 bits per heavy atom. The van der Waals surface area contributed by atoms with Crippen LogP contribution in [0.25, 0.3) is 11.2 Å². The Morgan fingerprint density at radius 1 is 1.36 bits per heavy atom. The van der Waals surface area contributed by atoms with Gasteiger partial charge in [0.05, 0.1) is 0 Å². The maximum absolute atomic E-state index is 10.6. The molecular formula is C8H7ClN4O. The van der Waals surface area contributed by atoms with Crippen LogP contribution in [0.2, 0.25) is 5.15 Å². The number of hydrogen-bond donors (Lipinski definition) is 0. The summed E-state index contributed by atoms with van der Waals surface area (Å²) in [7, 11) is 1.71. The van der Waals surface area contributed by atoms with Crippen LogP contribution < -0.4 is 0 Å². The molecule has 0 radical (unpaired) electrons. The van der Waals surface area contributed by atoms with Gasteiger partial charge in [0.15, 0.2) is 22.9 Å². The van der Waals surface area contributed by atoms with E-state index < -0.39 is 0 Å². The van der Waals surface area contributed by atoms with Gasteiger partial charge in [0.2, 0.25) is 0 Å². The van der Waals surface area contributed by atoms with Crippen LogP contribution in [0.5, 0.6) is 0 Å². The second kappa shape index (κ2) is 3.02. The molecule has 0 unspecified atom stereocenters. The van der Waals surface area contributed by atoms with Gasteiger partial charge in [-0.1, -0.05) is 11.6 Å². The Morgan fingerprint density at radius 2 is 2.07 bits per heavy atom. The second-order valence-corrected chi connectivity index (χ2v) is 3.24. The first-order valence-electron chi connectivity index (χ1n) is 3.95. The van der Waals surface area contributed by atoms with Gasteiger partial charge in [0, 0.05) is 7.05 Å². The monoisotopic (exact) mass is 210 g/mol. The molecule has 6 heteroatoms. The fraction of sp³-hybridized carbons (Fsp3) is 0.250. The third-order valence-corrected chi connectivity index (χ3v) is 2.19. The van der Waals surface area contributed by atoms with Crippen LogP contribution in [0.4, 0.5) is 0 Å². The highest BCUT2D eigenvalue weighted by Crippen LogP contribution is 2.19. The number of aromatic nitrogens is 4. The summed E-state index contributed by atoms with van der Waals surface area (Å²) in [5.74, 6) is 0.852. The molecule has 0 spiro atoms. The van der Waals surface area contributed by atoms with E-state index >= 15 is 0 Å². The molecule has 0 aliphatic heterocycles. The molecule has 0 aromatic carbocycles. The highest BCUT2D eigenvalue weighted by Gasteiger charge is 2.12. The van der Waals surface area contributed by atoms with Crippen LogP contribution in [0, 0.1) is 6.92 Å². The van der Waals surface area contributed by atoms with Crippen LogP contribution in [-0.4, -0.2) is 25.8 Å². The Hall–Kier alpha value is -1.49. The largest absolute Gasteiger partial charge is 0.309 e. The molecule has 0 atom stereocenters. The van der Waals surface area contributed by atoms with E-state index in [9.17, 15) is 4.79 Å². The minimum atomic E-state index is 0.274. The van der Waals surface area contributed by atoms with Crippen molar-refractivity contribution in [3.05, 3.63) is 16.8 Å². The molecule has 2 heterocycles. The molecule has 72 valence electrons. The Bertz CT molecular complexity index is 520. The van der Waals surface area contributed by atoms with Crippen LogP contribution in [-0.2, 0) is 7.05 Å². The van der Waals surface area contributed by atoms with Gasteiger partial charge >= 0.3 is 0 Å². The van der Waals surface area contributed by atoms with Crippen LogP contribution in [0.1, 0.15) is 16.4 Å². The lowest BCUT2D eigenvalue weighted by molar-refractivity contribution is 0.111. The standard InChI is InChI=1S/C8H7ClN4O/c1-4-10-7(9)6-8(11-4)13(2)5(3-14)12-6/h3H,1-2H3. The van der Waals surface area contributed by atoms with E-state index in [1.54, 1.807) is 18.5 Å². The van der Waals surface area contributed by atoms with Crippen molar-refractivity contribution in [1.82, 2.24) is 19.5 Å². The lowest BCUT2D eigenvalue weighted by Gasteiger charge is -1.96. The summed E-state index contributed by atoms with van der Waals surface area (Å²) in [5.41, 5.74) is 1.03. The number of nitrogens with zero attached hydrogens (tertiary/aromatic N) is 4. The molecule has 0 saturated carbocycles. The summed E-state index contributed by atoms with van der Waals surface area (Å²) in [5, 5.41) is 0.274. The molecule has 2 aromatic rings. The molecule has 0 amide bonds. The van der Waals surface area contributed by atoms with Gasteiger partial charge in [-0.2, -0.15) is 0 Å². The Labute approximate surface area is 84.8 Å². The molecule has 14 heavy (non-hydrogen) atoms. The van der Waals surface area contributed by atoms with Crippen LogP contribution in [0.3, 0.4) is 0 Å². The third kappa shape index (κ3) is 1.17. The highest BCUT2D eigenvalue weighted by molar-refractivity contribution is 6.33. The number of carbonyl (C=O) groups is 1. The summed E-state index contributed by atoms with van der Waals surface area (Å²) in [6.45, 7) is 1.74. The first kappa shape index (κ1) is 9.08. The SMILES string of the molecule is Cc1nc(Cl)c2nc(C=O)n(C)c2n1. The van der Waals surface area contributed by atoms with E-state index in [2.05, 4.69) is 15.0 Å². The number of carbonyl (C=O) groups excluding carboxylic acids is 1. The van der Waals surface area contributed by atoms with Crippen molar-refractivity contribution in [2.24, 2.45) is 7.05 Å². The predicted molar refractivity (Wildman–Crippen MR) is 51.4 cm³/mol. The average molecular weight is 211 g/mol. The van der Waals surface area contributed by atoms with Gasteiger partial charge in [-0.05, 0) is 6.92 Å². The van der Waals surface area contributed by atoms with E-state index in [0.29, 0.717) is 29.1 Å². The number of aryl methyl sites for hydroxylation is 2. The van der Waals surface area contributed by atoms with Crippen molar-refractivity contribution in [1.29, 1.82) is 0 Å². The lowest BCUT2D eigenvalue weighted by Crippen LogP contribution is -1.97. The lowest BCUT2D eigenvalue weighted by atomic mass is 10.5. The zero-order chi connectivity index (χ0) is 10.3. The van der Waals surface area contributed by atoms with E-state index in [0.717, 1.165) is 0 Å². The summed E-state index contributed by atoms with van der Waals surface area (Å²) < 4.78 is 1.59. The van der Waals surface area contributed by atoms with Gasteiger partial charge < -0.3 is 4.57 Å². The van der Waals surface area contributed by atoms with Crippen molar-refractivity contribution in [3.63, 3.8) is 0 Å². The minimum absolute atomic E-state index is 0.274. The van der Waals surface area contributed by atoms with Gasteiger partial charge in [-0.15, -0.1) is 0 Å². The van der Waals surface area contributed by atoms with Gasteiger partial charge in [0.25, 0.3) is 0 Å². The Balaban J connectivity index is 2.91. The average Bonchev–Trinajstić information content (AvgIpc) is 2.44. The number of hydrogen-bond acceptors (Lipinski definition) is 4. The second-order valence-electron chi connectivity index (χ2n) is 2.88. The highest BCUT2D eigenvalue weighted by atomic mass is 35.5. The van der Waals surface area contributed by atoms with Crippen molar-refractivity contribution < 1.29 is 4.79 Å². The summed E-state index contributed by atoms with van der Waals surface area (Å²) in [6, 6.07) is 0. The molecule has 0 aliphatic rings. The van der Waals surface area contributed by atoms with Gasteiger partial charge in [0.1, 0.15) is 11.3 Å². The molecule has 0 aliphatic carbocycles. The summed E-state index contributed by atoms with van der Waals surface area (Å²) >= 11 is 5.86. The number of rotatable bonds is 1. The van der Waals surface area contributed by atoms with E-state index in [1.165, 1.54) is 0 Å². The summed E-state index contributed by atoms with van der Waals surface area (Å²) in [6.07, 6.45) is 0.660. The van der Waals surface area contributed by atoms with E-state index in [4.69, 9.17) is 11.6 Å². The smallest absolute Gasteiger partial charge is 0.185 e. The van der Waals surface area contributed by atoms with Crippen molar-refractivity contribution in [2.75, 3.05) is 0 Å². The normalized spacial score (nSPS) is 10.8. The molecule has 0 fully saturated rings. The molecule has 0 N–H and O–H groups in total. The Kier molecular flexibility index (Phi) is 1.96. The number of halogens is 1. The first-order chi connectivity index (χ1) is 6.63. The minimum Gasteiger partial charge on any atom is -0.309 e. The fourth-order valence-corrected chi connectivity index (χ4v) is 1.50. The van der Waals surface area contributed by atoms with Crippen LogP contribution >= 0.6 is 11.6 Å². The van der Waals surface area contributed by atoms with Crippen molar-refractivity contribution in [2.45, 2.75) is 6.92 Å². The van der Waals surface area contributed by atoms with Crippen molar-refractivity contribution in [3.8, 4) is 0 Å². The molecule has 2 aromatic heterocycles. The third-order valence-electron chi connectivity index (χ3n) is 1.93. The van der Waals surface area contributed by atoms with E-state index in [1.807, 2.05) is 0 Å². The first-order valence-corrected chi connectivity index (χ1v) is 4.33. The zero-order valence-corrected chi connectivity index (χ0v) is 8.41. The molecular weight excluding hydrogens is 204 g/mol. The molecule has 2 rings (SSSR count). The fourth-order valence-electron chi connectivity index (χ4n) is 1.25. The quantitative estimate of drug-likeness (QED) is 0.523. The van der Waals surface area contributed by atoms with E-state index in [-0.39, 0.29) is 5.15 Å². The maximum Gasteiger partial charge on any atom is 0.185 e. The maximum atomic E-state index is 10.6. The predicted octanol–water partition coefficient (Wildman–Crippen LogP) is 1.14. The molecule has 0 bridgehead atoms. The van der Waals surface area contributed by atoms with Crippen LogP contribution in [0.15, 0.2) is 0 Å². The number of imidazole rings is 1. The zero-order valence-electron chi connectivity index (χ0n) is 7.65. The van der Waals surface area contributed by atoms with Gasteiger partial charge in [-0.25, -0.2) is 15.0 Å². The topological polar surface area (TPSA) is 60.7 Å². The number of fused-ring (bicyclic) bond motifs is 1.